The number of carbonyl (C=O) groups excluding carboxylic acids is 1. The lowest BCUT2D eigenvalue weighted by atomic mass is 10.2. The smallest absolute Gasteiger partial charge is 0.341 e. The number of ether oxygens (including phenoxy) is 1. The van der Waals surface area contributed by atoms with Crippen molar-refractivity contribution in [3.63, 3.8) is 0 Å². The van der Waals surface area contributed by atoms with Gasteiger partial charge in [-0.1, -0.05) is 0 Å². The average molecular weight is 340 g/mol. The predicted octanol–water partition coefficient (Wildman–Crippen LogP) is 1.90. The summed E-state index contributed by atoms with van der Waals surface area (Å²) in [4.78, 5) is 26.7. The quantitative estimate of drug-likeness (QED) is 0.855. The molecule has 0 aliphatic rings. The maximum Gasteiger partial charge on any atom is 0.341 e. The van der Waals surface area contributed by atoms with Crippen LogP contribution in [-0.2, 0) is 4.74 Å². The highest BCUT2D eigenvalue weighted by atomic mass is 79.9. The lowest BCUT2D eigenvalue weighted by molar-refractivity contribution is 0.0526. The van der Waals surface area contributed by atoms with Crippen LogP contribution < -0.4 is 0 Å². The van der Waals surface area contributed by atoms with Gasteiger partial charge in [0.15, 0.2) is 5.82 Å². The molecular formula is C12H10BrN3O4. The molecule has 0 aliphatic carbocycles. The van der Waals surface area contributed by atoms with Crippen molar-refractivity contribution in [1.29, 1.82) is 0 Å². The third-order valence-electron chi connectivity index (χ3n) is 2.37. The summed E-state index contributed by atoms with van der Waals surface area (Å²) >= 11 is 3.16. The van der Waals surface area contributed by atoms with Gasteiger partial charge in [0.1, 0.15) is 5.56 Å². The topological polar surface area (TPSA) is 94.3 Å². The molecule has 104 valence electrons. The second-order valence-electron chi connectivity index (χ2n) is 3.72. The predicted molar refractivity (Wildman–Crippen MR) is 72.0 cm³/mol. The molecule has 0 fully saturated rings. The van der Waals surface area contributed by atoms with Crippen LogP contribution in [0, 0.1) is 0 Å². The molecule has 0 saturated heterocycles. The van der Waals surface area contributed by atoms with Gasteiger partial charge in [0, 0.05) is 16.9 Å². The molecule has 0 aromatic carbocycles. The van der Waals surface area contributed by atoms with E-state index in [4.69, 9.17) is 9.84 Å². The molecule has 2 aromatic rings. The zero-order valence-electron chi connectivity index (χ0n) is 10.4. The Balaban J connectivity index is 2.42. The van der Waals surface area contributed by atoms with Gasteiger partial charge in [-0.2, -0.15) is 5.10 Å². The van der Waals surface area contributed by atoms with Gasteiger partial charge in [0.2, 0.25) is 0 Å². The van der Waals surface area contributed by atoms with E-state index in [2.05, 4.69) is 26.0 Å². The Morgan fingerprint density at radius 1 is 1.45 bits per heavy atom. The molecule has 2 heterocycles. The number of halogens is 1. The second kappa shape index (κ2) is 5.83. The summed E-state index contributed by atoms with van der Waals surface area (Å²) in [7, 11) is 0. The third-order valence-corrected chi connectivity index (χ3v) is 2.81. The molecule has 1 N–H and O–H groups in total. The zero-order chi connectivity index (χ0) is 14.7. The third kappa shape index (κ3) is 2.85. The zero-order valence-corrected chi connectivity index (χ0v) is 12.0. The first-order chi connectivity index (χ1) is 9.52. The molecule has 20 heavy (non-hydrogen) atoms. The van der Waals surface area contributed by atoms with Crippen LogP contribution in [0.4, 0.5) is 0 Å². The van der Waals surface area contributed by atoms with Gasteiger partial charge in [-0.15, -0.1) is 0 Å². The van der Waals surface area contributed by atoms with Gasteiger partial charge in [-0.3, -0.25) is 0 Å². The molecule has 0 spiro atoms. The highest BCUT2D eigenvalue weighted by molar-refractivity contribution is 9.10. The Hall–Kier alpha value is -2.22. The van der Waals surface area contributed by atoms with Crippen LogP contribution in [0.3, 0.4) is 0 Å². The first kappa shape index (κ1) is 14.2. The van der Waals surface area contributed by atoms with E-state index in [9.17, 15) is 9.59 Å². The van der Waals surface area contributed by atoms with Crippen LogP contribution in [0.1, 0.15) is 27.6 Å². The van der Waals surface area contributed by atoms with E-state index in [0.29, 0.717) is 4.47 Å². The van der Waals surface area contributed by atoms with Gasteiger partial charge < -0.3 is 9.84 Å². The number of carboxylic acid groups (broad SMARTS) is 1. The number of aromatic nitrogens is 3. The first-order valence-corrected chi connectivity index (χ1v) is 6.43. The fraction of sp³-hybridized carbons (Fsp3) is 0.167. The van der Waals surface area contributed by atoms with Gasteiger partial charge in [0.05, 0.1) is 18.4 Å². The first-order valence-electron chi connectivity index (χ1n) is 5.64. The molecule has 0 atom stereocenters. The van der Waals surface area contributed by atoms with E-state index in [0.717, 1.165) is 0 Å². The monoisotopic (exact) mass is 339 g/mol. The lowest BCUT2D eigenvalue weighted by Gasteiger charge is -2.05. The van der Waals surface area contributed by atoms with Crippen molar-refractivity contribution in [2.24, 2.45) is 0 Å². The van der Waals surface area contributed by atoms with Crippen LogP contribution in [0.5, 0.6) is 0 Å². The van der Waals surface area contributed by atoms with Crippen LogP contribution in [0.15, 0.2) is 29.1 Å². The number of hydrogen-bond donors (Lipinski definition) is 1. The van der Waals surface area contributed by atoms with Crippen molar-refractivity contribution in [1.82, 2.24) is 14.8 Å². The maximum atomic E-state index is 11.5. The summed E-state index contributed by atoms with van der Waals surface area (Å²) < 4.78 is 6.60. The van der Waals surface area contributed by atoms with Crippen molar-refractivity contribution in [3.05, 3.63) is 40.3 Å². The number of esters is 1. The SMILES string of the molecule is CCOC(=O)c1cnn(-c2ncc(Br)cc2C(=O)O)c1. The Kier molecular flexibility index (Phi) is 4.14. The average Bonchev–Trinajstić information content (AvgIpc) is 2.88. The summed E-state index contributed by atoms with van der Waals surface area (Å²) in [6.07, 6.45) is 4.13. The number of nitrogens with zero attached hydrogens (tertiary/aromatic N) is 3. The van der Waals surface area contributed by atoms with E-state index >= 15 is 0 Å². The number of aromatic carboxylic acids is 1. The normalized spacial score (nSPS) is 10.3. The number of carboxylic acids is 1. The molecule has 0 saturated carbocycles. The van der Waals surface area contributed by atoms with Gasteiger partial charge in [-0.05, 0) is 28.9 Å². The summed E-state index contributed by atoms with van der Waals surface area (Å²) in [6, 6.07) is 1.41. The van der Waals surface area contributed by atoms with Crippen LogP contribution >= 0.6 is 15.9 Å². The van der Waals surface area contributed by atoms with E-state index in [-0.39, 0.29) is 23.6 Å². The summed E-state index contributed by atoms with van der Waals surface area (Å²) in [5.74, 6) is -1.54. The Morgan fingerprint density at radius 2 is 2.20 bits per heavy atom. The molecule has 0 bridgehead atoms. The molecule has 8 heteroatoms. The summed E-state index contributed by atoms with van der Waals surface area (Å²) in [6.45, 7) is 1.95. The summed E-state index contributed by atoms with van der Waals surface area (Å²) in [5.41, 5.74) is 0.200. The molecule has 0 amide bonds. The van der Waals surface area contributed by atoms with Crippen molar-refractivity contribution in [3.8, 4) is 5.82 Å². The molecule has 0 aliphatic heterocycles. The van der Waals surface area contributed by atoms with Crippen molar-refractivity contribution < 1.29 is 19.4 Å². The molecule has 2 aromatic heterocycles. The fourth-order valence-electron chi connectivity index (χ4n) is 1.53. The maximum absolute atomic E-state index is 11.5. The van der Waals surface area contributed by atoms with E-state index < -0.39 is 11.9 Å². The Morgan fingerprint density at radius 3 is 2.85 bits per heavy atom. The van der Waals surface area contributed by atoms with Crippen LogP contribution in [0.2, 0.25) is 0 Å². The van der Waals surface area contributed by atoms with Crippen LogP contribution in [0.25, 0.3) is 5.82 Å². The van der Waals surface area contributed by atoms with Crippen molar-refractivity contribution in [2.75, 3.05) is 6.61 Å². The standard InChI is InChI=1S/C12H10BrN3O4/c1-2-20-12(19)7-4-15-16(6-7)10-9(11(17)18)3-8(13)5-14-10/h3-6H,2H2,1H3,(H,17,18). The molecule has 0 unspecified atom stereocenters. The van der Waals surface area contributed by atoms with Crippen molar-refractivity contribution in [2.45, 2.75) is 6.92 Å². The van der Waals surface area contributed by atoms with Gasteiger partial charge in [0.25, 0.3) is 0 Å². The second-order valence-corrected chi connectivity index (χ2v) is 4.64. The van der Waals surface area contributed by atoms with Crippen LogP contribution in [-0.4, -0.2) is 38.4 Å². The molecule has 0 radical (unpaired) electrons. The lowest BCUT2D eigenvalue weighted by Crippen LogP contribution is -2.08. The molecule has 7 nitrogen and oxygen atoms in total. The van der Waals surface area contributed by atoms with E-state index in [1.165, 1.54) is 29.3 Å². The van der Waals surface area contributed by atoms with Crippen molar-refractivity contribution >= 4 is 27.9 Å². The minimum Gasteiger partial charge on any atom is -0.478 e. The highest BCUT2D eigenvalue weighted by Gasteiger charge is 2.17. The largest absolute Gasteiger partial charge is 0.478 e. The molecular weight excluding hydrogens is 330 g/mol. The highest BCUT2D eigenvalue weighted by Crippen LogP contribution is 2.17. The number of carbonyl (C=O) groups is 2. The van der Waals surface area contributed by atoms with E-state index in [1.54, 1.807) is 6.92 Å². The van der Waals surface area contributed by atoms with Gasteiger partial charge >= 0.3 is 11.9 Å². The van der Waals surface area contributed by atoms with E-state index in [1.807, 2.05) is 0 Å². The number of pyridine rings is 1. The fourth-order valence-corrected chi connectivity index (χ4v) is 1.86. The minimum atomic E-state index is -1.14. The minimum absolute atomic E-state index is 0.0297. The number of rotatable bonds is 4. The number of hydrogen-bond acceptors (Lipinski definition) is 5. The summed E-state index contributed by atoms with van der Waals surface area (Å²) in [5, 5.41) is 13.1. The Bertz CT molecular complexity index is 668. The Labute approximate surface area is 122 Å². The van der Waals surface area contributed by atoms with Gasteiger partial charge in [-0.25, -0.2) is 19.3 Å². The molecule has 2 rings (SSSR count).